The minimum Gasteiger partial charge on any atom is -0.339 e. The predicted molar refractivity (Wildman–Crippen MR) is 48.7 cm³/mol. The van der Waals surface area contributed by atoms with E-state index in [-0.39, 0.29) is 24.8 Å². The third-order valence-electron chi connectivity index (χ3n) is 2.77. The van der Waals surface area contributed by atoms with Gasteiger partial charge in [-0.25, -0.2) is 0 Å². The molecule has 0 aliphatic carbocycles. The summed E-state index contributed by atoms with van der Waals surface area (Å²) in [6.07, 6.45) is -1.12. The highest BCUT2D eigenvalue weighted by atomic mass is 16.9. The molecular weight excluding hydrogens is 200 g/mol. The zero-order valence-corrected chi connectivity index (χ0v) is 9.35. The first-order valence-electron chi connectivity index (χ1n) is 5.23. The summed E-state index contributed by atoms with van der Waals surface area (Å²) in [6.45, 7) is 7.46. The van der Waals surface area contributed by atoms with Crippen LogP contribution in [0.5, 0.6) is 0 Å². The molecule has 15 heavy (non-hydrogen) atoms. The summed E-state index contributed by atoms with van der Waals surface area (Å²) in [5.74, 6) is -1.20. The smallest absolute Gasteiger partial charge is 0.193 e. The molecule has 3 fully saturated rings. The zero-order valence-electron chi connectivity index (χ0n) is 9.35. The molecule has 0 saturated carbocycles. The van der Waals surface area contributed by atoms with E-state index in [2.05, 4.69) is 0 Å². The van der Waals surface area contributed by atoms with E-state index >= 15 is 0 Å². The van der Waals surface area contributed by atoms with Gasteiger partial charge in [0.1, 0.15) is 12.2 Å². The Balaban J connectivity index is 1.79. The van der Waals surface area contributed by atoms with Gasteiger partial charge in [-0.15, -0.1) is 0 Å². The monoisotopic (exact) mass is 216 g/mol. The Hall–Kier alpha value is -0.200. The van der Waals surface area contributed by atoms with Crippen LogP contribution in [0.1, 0.15) is 27.7 Å². The molecule has 0 radical (unpaired) electrons. The highest BCUT2D eigenvalue weighted by Crippen LogP contribution is 2.44. The largest absolute Gasteiger partial charge is 0.339 e. The Morgan fingerprint density at radius 3 is 1.47 bits per heavy atom. The molecule has 0 bridgehead atoms. The van der Waals surface area contributed by atoms with Gasteiger partial charge in [0, 0.05) is 0 Å². The third kappa shape index (κ3) is 1.50. The van der Waals surface area contributed by atoms with E-state index in [9.17, 15) is 0 Å². The summed E-state index contributed by atoms with van der Waals surface area (Å²) >= 11 is 0. The Morgan fingerprint density at radius 1 is 0.667 bits per heavy atom. The first-order valence-corrected chi connectivity index (χ1v) is 5.23. The molecule has 3 rings (SSSR count). The molecule has 3 saturated heterocycles. The van der Waals surface area contributed by atoms with Crippen molar-refractivity contribution in [3.63, 3.8) is 0 Å². The molecule has 3 heterocycles. The predicted octanol–water partition coefficient (Wildman–Crippen LogP) is 0.972. The molecule has 4 atom stereocenters. The molecule has 4 unspecified atom stereocenters. The van der Waals surface area contributed by atoms with Crippen LogP contribution in [0, 0.1) is 0 Å². The maximum absolute atomic E-state index is 5.73. The molecule has 3 aliphatic rings. The molecule has 5 nitrogen and oxygen atoms in total. The second-order valence-corrected chi connectivity index (χ2v) is 5.07. The van der Waals surface area contributed by atoms with Crippen molar-refractivity contribution in [1.82, 2.24) is 0 Å². The van der Waals surface area contributed by atoms with Crippen LogP contribution < -0.4 is 0 Å². The summed E-state index contributed by atoms with van der Waals surface area (Å²) in [4.78, 5) is 0. The van der Waals surface area contributed by atoms with Gasteiger partial charge < -0.3 is 23.7 Å². The molecular formula is C10H16O5. The maximum atomic E-state index is 5.73. The second kappa shape index (κ2) is 2.73. The summed E-state index contributed by atoms with van der Waals surface area (Å²) in [6, 6.07) is 0. The zero-order chi connectivity index (χ0) is 10.8. The fourth-order valence-electron chi connectivity index (χ4n) is 2.30. The van der Waals surface area contributed by atoms with Crippen molar-refractivity contribution >= 4 is 0 Å². The van der Waals surface area contributed by atoms with Crippen molar-refractivity contribution in [3.05, 3.63) is 0 Å². The summed E-state index contributed by atoms with van der Waals surface area (Å²) < 4.78 is 28.2. The SMILES string of the molecule is CC1(C)OC2OC3OC(C)(C)OC3C2O1. The van der Waals surface area contributed by atoms with Crippen LogP contribution in [-0.4, -0.2) is 36.4 Å². The van der Waals surface area contributed by atoms with Crippen LogP contribution in [0.25, 0.3) is 0 Å². The standard InChI is InChI=1S/C10H16O5/c1-9(2)12-5-6-8(11-7(5)14-9)15-10(3,4)13-6/h5-8H,1-4H3. The van der Waals surface area contributed by atoms with Gasteiger partial charge in [-0.2, -0.15) is 0 Å². The first kappa shape index (κ1) is 9.99. The number of hydrogen-bond donors (Lipinski definition) is 0. The fraction of sp³-hybridized carbons (Fsp3) is 1.00. The van der Waals surface area contributed by atoms with Crippen molar-refractivity contribution in [2.24, 2.45) is 0 Å². The summed E-state index contributed by atoms with van der Waals surface area (Å²) in [5.41, 5.74) is 0. The average Bonchev–Trinajstić information content (AvgIpc) is 2.55. The van der Waals surface area contributed by atoms with Crippen LogP contribution in [-0.2, 0) is 23.7 Å². The highest BCUT2D eigenvalue weighted by Gasteiger charge is 2.61. The van der Waals surface area contributed by atoms with Crippen LogP contribution in [0.3, 0.4) is 0 Å². The number of hydrogen-bond acceptors (Lipinski definition) is 5. The van der Waals surface area contributed by atoms with Gasteiger partial charge in [-0.1, -0.05) is 0 Å². The molecule has 0 aromatic heterocycles. The lowest BCUT2D eigenvalue weighted by atomic mass is 10.2. The third-order valence-corrected chi connectivity index (χ3v) is 2.77. The first-order chi connectivity index (χ1) is 6.86. The van der Waals surface area contributed by atoms with E-state index < -0.39 is 11.6 Å². The second-order valence-electron chi connectivity index (χ2n) is 5.07. The van der Waals surface area contributed by atoms with Crippen molar-refractivity contribution in [3.8, 4) is 0 Å². The van der Waals surface area contributed by atoms with Gasteiger partial charge in [0.15, 0.2) is 24.2 Å². The minimum absolute atomic E-state index is 0.188. The van der Waals surface area contributed by atoms with E-state index in [1.165, 1.54) is 0 Å². The van der Waals surface area contributed by atoms with Gasteiger partial charge in [0.2, 0.25) is 0 Å². The van der Waals surface area contributed by atoms with Crippen molar-refractivity contribution in [1.29, 1.82) is 0 Å². The van der Waals surface area contributed by atoms with Crippen LogP contribution in [0.15, 0.2) is 0 Å². The lowest BCUT2D eigenvalue weighted by molar-refractivity contribution is -0.255. The molecule has 86 valence electrons. The number of rotatable bonds is 0. The van der Waals surface area contributed by atoms with Crippen LogP contribution in [0.2, 0.25) is 0 Å². The van der Waals surface area contributed by atoms with Gasteiger partial charge in [-0.05, 0) is 27.7 Å². The topological polar surface area (TPSA) is 46.2 Å². The lowest BCUT2D eigenvalue weighted by Crippen LogP contribution is -2.34. The highest BCUT2D eigenvalue weighted by molar-refractivity contribution is 4.94. The van der Waals surface area contributed by atoms with Crippen molar-refractivity contribution in [2.45, 2.75) is 64.1 Å². The minimum atomic E-state index is -0.601. The molecule has 0 N–H and O–H groups in total. The quantitative estimate of drug-likeness (QED) is 0.604. The van der Waals surface area contributed by atoms with Crippen molar-refractivity contribution in [2.75, 3.05) is 0 Å². The van der Waals surface area contributed by atoms with Crippen LogP contribution in [0.4, 0.5) is 0 Å². The molecule has 0 aromatic rings. The Morgan fingerprint density at radius 2 is 1.07 bits per heavy atom. The number of fused-ring (bicyclic) bond motifs is 3. The molecule has 0 aromatic carbocycles. The Bertz CT molecular complexity index is 260. The van der Waals surface area contributed by atoms with E-state index in [0.29, 0.717) is 0 Å². The van der Waals surface area contributed by atoms with E-state index in [4.69, 9.17) is 23.7 Å². The molecule has 0 amide bonds. The molecule has 5 heteroatoms. The Labute approximate surface area is 88.6 Å². The molecule has 3 aliphatic heterocycles. The average molecular weight is 216 g/mol. The maximum Gasteiger partial charge on any atom is 0.193 e. The van der Waals surface area contributed by atoms with Gasteiger partial charge in [0.05, 0.1) is 0 Å². The number of ether oxygens (including phenoxy) is 5. The van der Waals surface area contributed by atoms with Crippen molar-refractivity contribution < 1.29 is 23.7 Å². The van der Waals surface area contributed by atoms with Gasteiger partial charge >= 0.3 is 0 Å². The lowest BCUT2D eigenvalue weighted by Gasteiger charge is -2.20. The normalized spacial score (nSPS) is 50.4. The van der Waals surface area contributed by atoms with E-state index in [1.807, 2.05) is 27.7 Å². The van der Waals surface area contributed by atoms with Crippen LogP contribution >= 0.6 is 0 Å². The fourth-order valence-corrected chi connectivity index (χ4v) is 2.30. The van der Waals surface area contributed by atoms with Gasteiger partial charge in [0.25, 0.3) is 0 Å². The van der Waals surface area contributed by atoms with E-state index in [0.717, 1.165) is 0 Å². The molecule has 0 spiro atoms. The van der Waals surface area contributed by atoms with Gasteiger partial charge in [-0.3, -0.25) is 0 Å². The van der Waals surface area contributed by atoms with E-state index in [1.54, 1.807) is 0 Å². The summed E-state index contributed by atoms with van der Waals surface area (Å²) in [7, 11) is 0. The summed E-state index contributed by atoms with van der Waals surface area (Å²) in [5, 5.41) is 0. The Kier molecular flexibility index (Phi) is 1.81.